The van der Waals surface area contributed by atoms with E-state index in [-0.39, 0.29) is 10.8 Å². The zero-order chi connectivity index (χ0) is 37.9. The van der Waals surface area contributed by atoms with Crippen LogP contribution in [0.15, 0.2) is 156 Å². The molecule has 5 heteroatoms. The highest BCUT2D eigenvalue weighted by atomic mass is 16.3. The summed E-state index contributed by atoms with van der Waals surface area (Å²) in [6, 6.07) is 55.2. The lowest BCUT2D eigenvalue weighted by Crippen LogP contribution is -2.36. The first kappa shape index (κ1) is 32.9. The Kier molecular flexibility index (Phi) is 6.92. The number of hydrogen-bond donors (Lipinski definition) is 1. The number of anilines is 5. The number of rotatable bonds is 4. The third-order valence-electron chi connectivity index (χ3n) is 12.2. The van der Waals surface area contributed by atoms with Crippen molar-refractivity contribution in [1.82, 2.24) is 4.57 Å². The van der Waals surface area contributed by atoms with Crippen molar-refractivity contribution in [3.8, 4) is 16.8 Å². The van der Waals surface area contributed by atoms with Crippen LogP contribution in [0.3, 0.4) is 0 Å². The molecule has 9 aromatic rings. The number of hydrogen-bond acceptors (Lipinski definition) is 3. The molecule has 0 unspecified atom stereocenters. The lowest BCUT2D eigenvalue weighted by atomic mass is 9.62. The second kappa shape index (κ2) is 11.8. The van der Waals surface area contributed by atoms with E-state index in [9.17, 15) is 0 Å². The van der Waals surface area contributed by atoms with Crippen molar-refractivity contribution in [2.45, 2.75) is 45.4 Å². The van der Waals surface area contributed by atoms with Gasteiger partial charge in [0.1, 0.15) is 5.58 Å². The molecule has 2 aliphatic heterocycles. The highest BCUT2D eigenvalue weighted by Crippen LogP contribution is 2.55. The maximum Gasteiger partial charge on any atom is 0.247 e. The summed E-state index contributed by atoms with van der Waals surface area (Å²) in [5, 5.41) is 7.37. The van der Waals surface area contributed by atoms with Crippen LogP contribution in [0.5, 0.6) is 0 Å². The van der Waals surface area contributed by atoms with Gasteiger partial charge in [0.05, 0.1) is 39.4 Å². The molecule has 2 aliphatic rings. The lowest BCUT2D eigenvalue weighted by Gasteiger charge is -2.42. The van der Waals surface area contributed by atoms with Crippen molar-refractivity contribution in [1.29, 1.82) is 0 Å². The van der Waals surface area contributed by atoms with Gasteiger partial charge in [0.2, 0.25) is 7.28 Å². The minimum atomic E-state index is -0.178. The number of benzene rings is 7. The van der Waals surface area contributed by atoms with Crippen molar-refractivity contribution >= 4 is 79.6 Å². The second-order valence-electron chi connectivity index (χ2n) is 16.9. The minimum Gasteiger partial charge on any atom is -0.469 e. The van der Waals surface area contributed by atoms with Crippen molar-refractivity contribution in [2.75, 3.05) is 10.2 Å². The molecule has 11 rings (SSSR count). The molecule has 0 spiro atoms. The summed E-state index contributed by atoms with van der Waals surface area (Å²) >= 11 is 0. The zero-order valence-corrected chi connectivity index (χ0v) is 32.3. The molecule has 7 aromatic carbocycles. The van der Waals surface area contributed by atoms with Crippen LogP contribution in [0.2, 0.25) is 0 Å². The van der Waals surface area contributed by atoms with Gasteiger partial charge in [0.15, 0.2) is 0 Å². The SMILES string of the molecule is CC(C)(C)c1ccc(Nc2ccccc2-c2cc(N3c4ccccc4C(C)(C)c4ccccc43)c3c4ccccc4n4c3c2[B]c2oc3ccccc3c2-4)cc1. The van der Waals surface area contributed by atoms with E-state index in [0.717, 1.165) is 61.5 Å². The molecule has 0 fully saturated rings. The monoisotopic (exact) mass is 722 g/mol. The maximum absolute atomic E-state index is 6.71. The highest BCUT2D eigenvalue weighted by Gasteiger charge is 2.39. The number of fused-ring (bicyclic) bond motifs is 9. The average Bonchev–Trinajstić information content (AvgIpc) is 3.75. The molecule has 4 nitrogen and oxygen atoms in total. The Morgan fingerprint density at radius 1 is 0.625 bits per heavy atom. The smallest absolute Gasteiger partial charge is 0.247 e. The quantitative estimate of drug-likeness (QED) is 0.184. The zero-order valence-electron chi connectivity index (χ0n) is 32.3. The van der Waals surface area contributed by atoms with E-state index >= 15 is 0 Å². The molecule has 1 N–H and O–H groups in total. The summed E-state index contributed by atoms with van der Waals surface area (Å²) in [5.74, 6) is 0. The van der Waals surface area contributed by atoms with E-state index in [2.05, 4.69) is 208 Å². The van der Waals surface area contributed by atoms with Gasteiger partial charge in [-0.15, -0.1) is 0 Å². The van der Waals surface area contributed by atoms with Crippen molar-refractivity contribution in [3.63, 3.8) is 0 Å². The summed E-state index contributed by atoms with van der Waals surface area (Å²) in [5.41, 5.74) is 18.1. The van der Waals surface area contributed by atoms with Gasteiger partial charge >= 0.3 is 0 Å². The van der Waals surface area contributed by atoms with Crippen molar-refractivity contribution < 1.29 is 4.42 Å². The normalized spacial score (nSPS) is 14.1. The number of para-hydroxylation sites is 5. The first-order chi connectivity index (χ1) is 27.2. The summed E-state index contributed by atoms with van der Waals surface area (Å²) in [7, 11) is 2.28. The van der Waals surface area contributed by atoms with Crippen LogP contribution in [0.25, 0.3) is 49.6 Å². The third kappa shape index (κ3) is 4.67. The van der Waals surface area contributed by atoms with E-state index in [1.54, 1.807) is 0 Å². The fourth-order valence-corrected chi connectivity index (χ4v) is 9.42. The van der Waals surface area contributed by atoms with Crippen LogP contribution >= 0.6 is 0 Å². The molecule has 0 aliphatic carbocycles. The maximum atomic E-state index is 6.71. The Balaban J connectivity index is 1.25. The largest absolute Gasteiger partial charge is 0.469 e. The average molecular weight is 723 g/mol. The lowest BCUT2D eigenvalue weighted by molar-refractivity contribution is 0.590. The summed E-state index contributed by atoms with van der Waals surface area (Å²) < 4.78 is 9.19. The molecule has 0 saturated heterocycles. The van der Waals surface area contributed by atoms with Gasteiger partial charge in [0.25, 0.3) is 0 Å². The van der Waals surface area contributed by atoms with E-state index in [1.807, 2.05) is 0 Å². The molecule has 269 valence electrons. The number of aromatic nitrogens is 1. The van der Waals surface area contributed by atoms with Crippen LogP contribution in [0, 0.1) is 0 Å². The summed E-state index contributed by atoms with van der Waals surface area (Å²) in [6.07, 6.45) is 0. The predicted molar refractivity (Wildman–Crippen MR) is 236 cm³/mol. The van der Waals surface area contributed by atoms with E-state index in [0.29, 0.717) is 0 Å². The fourth-order valence-electron chi connectivity index (χ4n) is 9.42. The first-order valence-corrected chi connectivity index (χ1v) is 19.6. The molecular weight excluding hydrogens is 681 g/mol. The van der Waals surface area contributed by atoms with E-state index < -0.39 is 0 Å². The fraction of sp³-hybridized carbons (Fsp3) is 0.137. The number of furan rings is 1. The Bertz CT molecular complexity index is 3000. The molecule has 2 aromatic heterocycles. The third-order valence-corrected chi connectivity index (χ3v) is 12.2. The van der Waals surface area contributed by atoms with Gasteiger partial charge in [-0.25, -0.2) is 0 Å². The molecule has 0 atom stereocenters. The Labute approximate surface area is 328 Å². The van der Waals surface area contributed by atoms with Crippen molar-refractivity contribution in [2.24, 2.45) is 0 Å². The molecule has 0 bridgehead atoms. The van der Waals surface area contributed by atoms with Gasteiger partial charge < -0.3 is 19.2 Å². The minimum absolute atomic E-state index is 0.0790. The van der Waals surface area contributed by atoms with Crippen LogP contribution in [0.1, 0.15) is 51.3 Å². The van der Waals surface area contributed by atoms with Gasteiger partial charge in [-0.05, 0) is 87.7 Å². The van der Waals surface area contributed by atoms with Gasteiger partial charge in [-0.2, -0.15) is 0 Å². The van der Waals surface area contributed by atoms with Crippen LogP contribution in [-0.4, -0.2) is 11.8 Å². The topological polar surface area (TPSA) is 33.3 Å². The standard InChI is InChI=1S/C51H41BN3O/c1-50(2,3)31-26-28-32(29-27-31)53-39-21-11-6-16-33(39)36-30-43(54-41-23-13-9-19-37(41)51(4,5)38-20-10-14-24-42(38)54)45-34-17-7-12-22-40(34)55-47-35-18-8-15-25-44(35)56-49(47)52-46(36)48(45)55/h6-30,53H,1-5H3. The second-order valence-corrected chi connectivity index (χ2v) is 16.9. The highest BCUT2D eigenvalue weighted by molar-refractivity contribution is 6.73. The molecule has 0 saturated carbocycles. The Morgan fingerprint density at radius 2 is 1.25 bits per heavy atom. The van der Waals surface area contributed by atoms with Crippen LogP contribution in [-0.2, 0) is 10.8 Å². The Hall–Kier alpha value is -6.46. The first-order valence-electron chi connectivity index (χ1n) is 19.6. The summed E-state index contributed by atoms with van der Waals surface area (Å²) in [6.45, 7) is 11.5. The Morgan fingerprint density at radius 3 is 1.98 bits per heavy atom. The number of nitrogens with zero attached hydrogens (tertiary/aromatic N) is 2. The molecule has 1 radical (unpaired) electrons. The van der Waals surface area contributed by atoms with E-state index in [1.165, 1.54) is 44.4 Å². The molecular formula is C51H41BN3O. The van der Waals surface area contributed by atoms with Gasteiger partial charge in [-0.1, -0.05) is 132 Å². The van der Waals surface area contributed by atoms with Gasteiger partial charge in [-0.3, -0.25) is 0 Å². The van der Waals surface area contributed by atoms with Crippen LogP contribution < -0.4 is 21.3 Å². The predicted octanol–water partition coefficient (Wildman–Crippen LogP) is 12.3. The number of nitrogens with one attached hydrogen (secondary N) is 1. The molecule has 0 amide bonds. The van der Waals surface area contributed by atoms with Crippen molar-refractivity contribution in [3.05, 3.63) is 168 Å². The van der Waals surface area contributed by atoms with Crippen LogP contribution in [0.4, 0.5) is 28.4 Å². The van der Waals surface area contributed by atoms with Gasteiger partial charge in [0, 0.05) is 38.5 Å². The summed E-state index contributed by atoms with van der Waals surface area (Å²) in [4.78, 5) is 2.53. The van der Waals surface area contributed by atoms with E-state index in [4.69, 9.17) is 4.42 Å². The molecule has 56 heavy (non-hydrogen) atoms. The molecule has 4 heterocycles.